The average molecular weight is 301 g/mol. The molecule has 0 saturated heterocycles. The van der Waals surface area contributed by atoms with Crippen molar-refractivity contribution in [3.63, 3.8) is 0 Å². The summed E-state index contributed by atoms with van der Waals surface area (Å²) in [6, 6.07) is 6.98. The van der Waals surface area contributed by atoms with Crippen molar-refractivity contribution in [1.82, 2.24) is 5.32 Å². The van der Waals surface area contributed by atoms with Gasteiger partial charge >= 0.3 is 5.97 Å². The van der Waals surface area contributed by atoms with Gasteiger partial charge in [-0.1, -0.05) is 25.3 Å². The van der Waals surface area contributed by atoms with Crippen LogP contribution in [0.2, 0.25) is 0 Å². The molecule has 0 unspecified atom stereocenters. The Balaban J connectivity index is 2.47. The van der Waals surface area contributed by atoms with Crippen molar-refractivity contribution in [2.75, 3.05) is 6.79 Å². The highest BCUT2D eigenvalue weighted by Gasteiger charge is 2.02. The molecule has 0 aliphatic rings. The number of esters is 1. The second-order valence-electron chi connectivity index (χ2n) is 4.65. The minimum Gasteiger partial charge on any atom is -0.457 e. The molecule has 5 heteroatoms. The fourth-order valence-corrected chi connectivity index (χ4v) is 1.37. The third kappa shape index (κ3) is 6.56. The van der Waals surface area contributed by atoms with E-state index in [4.69, 9.17) is 9.47 Å². The van der Waals surface area contributed by atoms with Crippen LogP contribution in [0, 0.1) is 0 Å². The number of amides is 1. The normalized spacial score (nSPS) is 10.1. The minimum atomic E-state index is -0.497. The van der Waals surface area contributed by atoms with Gasteiger partial charge in [0, 0.05) is 17.3 Å². The number of rotatable bonds is 7. The maximum absolute atomic E-state index is 11.4. The van der Waals surface area contributed by atoms with Gasteiger partial charge in [-0.3, -0.25) is 4.79 Å². The van der Waals surface area contributed by atoms with Gasteiger partial charge in [0.2, 0.25) is 12.7 Å². The molecule has 0 saturated carbocycles. The van der Waals surface area contributed by atoms with Gasteiger partial charge in [0.15, 0.2) is 0 Å². The van der Waals surface area contributed by atoms with Crippen LogP contribution >= 0.6 is 0 Å². The molecule has 0 radical (unpaired) electrons. The van der Waals surface area contributed by atoms with Gasteiger partial charge in [-0.25, -0.2) is 4.79 Å². The van der Waals surface area contributed by atoms with Crippen molar-refractivity contribution in [3.05, 3.63) is 60.3 Å². The molecular formula is C17H19NO4. The molecule has 0 bridgehead atoms. The minimum absolute atomic E-state index is 0.179. The van der Waals surface area contributed by atoms with Crippen molar-refractivity contribution < 1.29 is 19.1 Å². The molecule has 0 heterocycles. The number of ether oxygens (including phenoxy) is 2. The van der Waals surface area contributed by atoms with E-state index in [9.17, 15) is 9.59 Å². The van der Waals surface area contributed by atoms with Crippen molar-refractivity contribution in [2.45, 2.75) is 13.8 Å². The van der Waals surface area contributed by atoms with Gasteiger partial charge in [-0.15, -0.1) is 0 Å². The fourth-order valence-electron chi connectivity index (χ4n) is 1.37. The molecule has 0 spiro atoms. The summed E-state index contributed by atoms with van der Waals surface area (Å²) in [6.07, 6.45) is 3.09. The fraction of sp³-hybridized carbons (Fsp3) is 0.176. The number of carbonyl (C=O) groups excluding carboxylic acids is 2. The van der Waals surface area contributed by atoms with Crippen LogP contribution in [0.3, 0.4) is 0 Å². The first-order valence-corrected chi connectivity index (χ1v) is 6.58. The zero-order valence-corrected chi connectivity index (χ0v) is 12.7. The van der Waals surface area contributed by atoms with Gasteiger partial charge < -0.3 is 14.8 Å². The lowest BCUT2D eigenvalue weighted by Crippen LogP contribution is -2.17. The number of nitrogens with one attached hydrogen (secondary N) is 1. The van der Waals surface area contributed by atoms with E-state index in [0.29, 0.717) is 17.0 Å². The van der Waals surface area contributed by atoms with Crippen LogP contribution in [0.1, 0.15) is 19.4 Å². The zero-order valence-electron chi connectivity index (χ0n) is 12.7. The molecule has 1 rings (SSSR count). The highest BCUT2D eigenvalue weighted by Crippen LogP contribution is 2.13. The van der Waals surface area contributed by atoms with Crippen molar-refractivity contribution in [2.24, 2.45) is 0 Å². The highest BCUT2D eigenvalue weighted by atomic mass is 16.7. The van der Waals surface area contributed by atoms with E-state index >= 15 is 0 Å². The molecule has 1 N–H and O–H groups in total. The van der Waals surface area contributed by atoms with Gasteiger partial charge in [0.1, 0.15) is 5.75 Å². The molecule has 5 nitrogen and oxygen atoms in total. The van der Waals surface area contributed by atoms with E-state index in [-0.39, 0.29) is 12.7 Å². The van der Waals surface area contributed by atoms with E-state index in [2.05, 4.69) is 18.5 Å². The molecule has 0 aromatic heterocycles. The Morgan fingerprint density at radius 1 is 1.18 bits per heavy atom. The van der Waals surface area contributed by atoms with Crippen LogP contribution in [0.5, 0.6) is 5.75 Å². The highest BCUT2D eigenvalue weighted by molar-refractivity contribution is 5.92. The lowest BCUT2D eigenvalue weighted by atomic mass is 10.2. The van der Waals surface area contributed by atoms with E-state index in [1.165, 1.54) is 6.08 Å². The quantitative estimate of drug-likeness (QED) is 0.478. The van der Waals surface area contributed by atoms with Crippen LogP contribution in [-0.4, -0.2) is 18.7 Å². The van der Waals surface area contributed by atoms with E-state index < -0.39 is 5.97 Å². The van der Waals surface area contributed by atoms with Crippen LogP contribution in [-0.2, 0) is 14.3 Å². The molecule has 0 aliphatic carbocycles. The van der Waals surface area contributed by atoms with E-state index in [1.807, 2.05) is 0 Å². The lowest BCUT2D eigenvalue weighted by Gasteiger charge is -2.07. The monoisotopic (exact) mass is 301 g/mol. The third-order valence-corrected chi connectivity index (χ3v) is 2.41. The van der Waals surface area contributed by atoms with Crippen LogP contribution in [0.15, 0.2) is 54.8 Å². The Morgan fingerprint density at radius 3 is 2.36 bits per heavy atom. The van der Waals surface area contributed by atoms with Crippen molar-refractivity contribution in [3.8, 4) is 5.75 Å². The summed E-state index contributed by atoms with van der Waals surface area (Å²) in [7, 11) is 0. The number of benzene rings is 1. The summed E-state index contributed by atoms with van der Waals surface area (Å²) in [4.78, 5) is 22.6. The van der Waals surface area contributed by atoms with Gasteiger partial charge in [-0.2, -0.15) is 0 Å². The Hall–Kier alpha value is -2.82. The molecule has 1 aromatic rings. The van der Waals surface area contributed by atoms with Gasteiger partial charge in [0.25, 0.3) is 0 Å². The number of hydrogen-bond acceptors (Lipinski definition) is 4. The number of allylic oxidation sites excluding steroid dienone is 1. The molecule has 1 aromatic carbocycles. The topological polar surface area (TPSA) is 64.6 Å². The summed E-state index contributed by atoms with van der Waals surface area (Å²) in [5.41, 5.74) is 1.74. The van der Waals surface area contributed by atoms with Crippen molar-refractivity contribution >= 4 is 18.0 Å². The van der Waals surface area contributed by atoms with E-state index in [0.717, 1.165) is 5.56 Å². The molecule has 1 amide bonds. The number of hydrogen-bond donors (Lipinski definition) is 1. The summed E-state index contributed by atoms with van der Waals surface area (Å²) >= 11 is 0. The first-order chi connectivity index (χ1) is 10.4. The smallest absolute Gasteiger partial charge is 0.335 e. The Kier molecular flexibility index (Phi) is 6.63. The largest absolute Gasteiger partial charge is 0.457 e. The maximum Gasteiger partial charge on any atom is 0.335 e. The first kappa shape index (κ1) is 17.2. The summed E-state index contributed by atoms with van der Waals surface area (Å²) in [6.45, 7) is 10.1. The summed E-state index contributed by atoms with van der Waals surface area (Å²) in [5.74, 6) is -0.180. The first-order valence-electron chi connectivity index (χ1n) is 6.58. The molecule has 0 fully saturated rings. The SMILES string of the molecule is C=C(C)NC(=O)/C=C/c1ccc(OCOC(=O)C(=C)C)cc1. The Bertz CT molecular complexity index is 600. The van der Waals surface area contributed by atoms with Crippen LogP contribution in [0.4, 0.5) is 0 Å². The Morgan fingerprint density at radius 2 is 1.82 bits per heavy atom. The summed E-state index contributed by atoms with van der Waals surface area (Å²) in [5, 5.41) is 2.57. The predicted molar refractivity (Wildman–Crippen MR) is 84.8 cm³/mol. The van der Waals surface area contributed by atoms with Gasteiger partial charge in [-0.05, 0) is 37.6 Å². The third-order valence-electron chi connectivity index (χ3n) is 2.41. The second-order valence-corrected chi connectivity index (χ2v) is 4.65. The van der Waals surface area contributed by atoms with Crippen LogP contribution < -0.4 is 10.1 Å². The summed E-state index contributed by atoms with van der Waals surface area (Å²) < 4.78 is 10.1. The van der Waals surface area contributed by atoms with Gasteiger partial charge in [0.05, 0.1) is 0 Å². The van der Waals surface area contributed by atoms with E-state index in [1.54, 1.807) is 44.2 Å². The molecular weight excluding hydrogens is 282 g/mol. The molecule has 22 heavy (non-hydrogen) atoms. The van der Waals surface area contributed by atoms with Crippen molar-refractivity contribution in [1.29, 1.82) is 0 Å². The molecule has 0 atom stereocenters. The second kappa shape index (κ2) is 8.46. The molecule has 116 valence electrons. The van der Waals surface area contributed by atoms with Crippen LogP contribution in [0.25, 0.3) is 6.08 Å². The predicted octanol–water partition coefficient (Wildman–Crippen LogP) is 2.81. The maximum atomic E-state index is 11.4. The lowest BCUT2D eigenvalue weighted by molar-refractivity contribution is -0.145. The average Bonchev–Trinajstić information content (AvgIpc) is 2.45. The molecule has 0 aliphatic heterocycles. The Labute approximate surface area is 129 Å². The zero-order chi connectivity index (χ0) is 16.5. The number of carbonyl (C=O) groups is 2. The standard InChI is InChI=1S/C17H19NO4/c1-12(2)17(20)22-11-21-15-8-5-14(6-9-15)7-10-16(19)18-13(3)4/h5-10H,1,3,11H2,2,4H3,(H,18,19)/b10-7+.